The number of aryl methyl sites for hydroxylation is 2. The molecule has 2 aliphatic heterocycles. The number of amides is 3. The average Bonchev–Trinajstić information content (AvgIpc) is 3.46. The maximum atomic E-state index is 13.4. The van der Waals surface area contributed by atoms with Gasteiger partial charge >= 0.3 is 0 Å². The molecule has 0 saturated carbocycles. The van der Waals surface area contributed by atoms with Crippen LogP contribution < -0.4 is 10.6 Å². The maximum absolute atomic E-state index is 13.4. The lowest BCUT2D eigenvalue weighted by molar-refractivity contribution is -0.148. The molecule has 10 nitrogen and oxygen atoms in total. The molecule has 2 atom stereocenters. The number of carbonyl (C=O) groups excluding carboxylic acids is 3. The largest absolute Gasteiger partial charge is 0.340 e. The summed E-state index contributed by atoms with van der Waals surface area (Å²) in [6.07, 6.45) is 2.61. The van der Waals surface area contributed by atoms with E-state index in [0.717, 1.165) is 35.3 Å². The van der Waals surface area contributed by atoms with Gasteiger partial charge in [-0.3, -0.25) is 29.1 Å². The van der Waals surface area contributed by atoms with Gasteiger partial charge in [0.25, 0.3) is 5.91 Å². The van der Waals surface area contributed by atoms with Gasteiger partial charge in [-0.15, -0.1) is 0 Å². The van der Waals surface area contributed by atoms with Crippen molar-refractivity contribution < 1.29 is 14.4 Å². The highest BCUT2D eigenvalue weighted by atomic mass is 16.2. The van der Waals surface area contributed by atoms with Crippen LogP contribution in [-0.2, 0) is 28.0 Å². The van der Waals surface area contributed by atoms with E-state index in [1.807, 2.05) is 48.3 Å². The lowest BCUT2D eigenvalue weighted by Crippen LogP contribution is -2.46. The van der Waals surface area contributed by atoms with Crippen LogP contribution in [0, 0.1) is 12.8 Å². The first kappa shape index (κ1) is 24.6. The van der Waals surface area contributed by atoms with Crippen molar-refractivity contribution in [2.75, 3.05) is 18.4 Å². The van der Waals surface area contributed by atoms with Gasteiger partial charge in [-0.1, -0.05) is 31.2 Å². The van der Waals surface area contributed by atoms with Crippen LogP contribution in [0.5, 0.6) is 0 Å². The molecule has 0 spiro atoms. The van der Waals surface area contributed by atoms with Gasteiger partial charge in [-0.25, -0.2) is 5.01 Å². The molecular weight excluding hydrogens is 470 g/mol. The van der Waals surface area contributed by atoms with E-state index < -0.39 is 12.0 Å². The summed E-state index contributed by atoms with van der Waals surface area (Å²) in [5.41, 5.74) is 4.27. The molecule has 2 N–H and O–H groups in total. The van der Waals surface area contributed by atoms with Crippen molar-refractivity contribution >= 4 is 23.5 Å². The summed E-state index contributed by atoms with van der Waals surface area (Å²) >= 11 is 0. The topological polar surface area (TPSA) is 112 Å². The Balaban J connectivity index is 1.24. The molecule has 3 amide bonds. The Labute approximate surface area is 215 Å². The van der Waals surface area contributed by atoms with E-state index in [9.17, 15) is 14.4 Å². The Morgan fingerprint density at radius 1 is 1.16 bits per heavy atom. The normalized spacial score (nSPS) is 18.1. The van der Waals surface area contributed by atoms with Crippen LogP contribution in [0.4, 0.5) is 5.82 Å². The smallest absolute Gasteiger partial charge is 0.264 e. The summed E-state index contributed by atoms with van der Waals surface area (Å²) in [5, 5.41) is 14.0. The lowest BCUT2D eigenvalue weighted by Gasteiger charge is -2.28. The molecule has 10 heteroatoms. The van der Waals surface area contributed by atoms with Crippen molar-refractivity contribution in [3.8, 4) is 11.3 Å². The molecule has 0 unspecified atom stereocenters. The van der Waals surface area contributed by atoms with Crippen molar-refractivity contribution in [2.45, 2.75) is 39.3 Å². The molecule has 1 fully saturated rings. The second-order valence-corrected chi connectivity index (χ2v) is 9.72. The third kappa shape index (κ3) is 5.10. The second kappa shape index (κ2) is 10.1. The summed E-state index contributed by atoms with van der Waals surface area (Å²) in [6, 6.07) is 12.5. The van der Waals surface area contributed by atoms with Gasteiger partial charge in [-0.2, -0.15) is 5.10 Å². The Morgan fingerprint density at radius 3 is 2.76 bits per heavy atom. The van der Waals surface area contributed by atoms with E-state index >= 15 is 0 Å². The predicted molar refractivity (Wildman–Crippen MR) is 138 cm³/mol. The van der Waals surface area contributed by atoms with Crippen LogP contribution in [0.15, 0.2) is 48.7 Å². The number of aromatic nitrogens is 3. The van der Waals surface area contributed by atoms with Gasteiger partial charge in [0, 0.05) is 62.5 Å². The number of benzene rings is 1. The quantitative estimate of drug-likeness (QED) is 0.537. The van der Waals surface area contributed by atoms with E-state index in [1.165, 1.54) is 0 Å². The highest BCUT2D eigenvalue weighted by Gasteiger charge is 2.38. The fourth-order valence-corrected chi connectivity index (χ4v) is 4.85. The SMILES string of the molecule is Cc1ccc(-c2cc(NC(=O)C[C@@H](C)C(=O)N[C@@H]3C(=O)N4CCCN4Cc4ccccc43)n(C)n2)cn1. The van der Waals surface area contributed by atoms with E-state index in [4.69, 9.17) is 0 Å². The summed E-state index contributed by atoms with van der Waals surface area (Å²) in [7, 11) is 1.74. The summed E-state index contributed by atoms with van der Waals surface area (Å²) < 4.78 is 1.58. The molecule has 3 aromatic rings. The molecule has 1 saturated heterocycles. The van der Waals surface area contributed by atoms with Crippen molar-refractivity contribution in [2.24, 2.45) is 13.0 Å². The van der Waals surface area contributed by atoms with Crippen LogP contribution in [0.25, 0.3) is 11.3 Å². The molecule has 192 valence electrons. The monoisotopic (exact) mass is 501 g/mol. The molecule has 37 heavy (non-hydrogen) atoms. The fraction of sp³-hybridized carbons (Fsp3) is 0.370. The van der Waals surface area contributed by atoms with Gasteiger partial charge in [0.05, 0.1) is 5.69 Å². The zero-order chi connectivity index (χ0) is 26.1. The first-order chi connectivity index (χ1) is 17.8. The Hall–Kier alpha value is -4.05. The molecule has 0 aliphatic carbocycles. The third-order valence-corrected chi connectivity index (χ3v) is 6.93. The van der Waals surface area contributed by atoms with Gasteiger partial charge in [0.1, 0.15) is 11.9 Å². The van der Waals surface area contributed by atoms with E-state index in [-0.39, 0.29) is 24.1 Å². The van der Waals surface area contributed by atoms with Crippen LogP contribution in [0.1, 0.15) is 42.6 Å². The number of anilines is 1. The number of pyridine rings is 1. The minimum Gasteiger partial charge on any atom is -0.340 e. The van der Waals surface area contributed by atoms with Gasteiger partial charge in [-0.05, 0) is 36.6 Å². The summed E-state index contributed by atoms with van der Waals surface area (Å²) in [5.74, 6) is -0.896. The van der Waals surface area contributed by atoms with Crippen LogP contribution in [0.2, 0.25) is 0 Å². The minimum absolute atomic E-state index is 0.0309. The molecule has 1 aromatic carbocycles. The molecular formula is C27H31N7O3. The zero-order valence-corrected chi connectivity index (χ0v) is 21.3. The van der Waals surface area contributed by atoms with Crippen LogP contribution in [0.3, 0.4) is 0 Å². The minimum atomic E-state index is -0.778. The van der Waals surface area contributed by atoms with Crippen LogP contribution in [-0.4, -0.2) is 55.6 Å². The number of nitrogens with zero attached hydrogens (tertiary/aromatic N) is 5. The van der Waals surface area contributed by atoms with Crippen molar-refractivity contribution in [3.05, 3.63) is 65.5 Å². The summed E-state index contributed by atoms with van der Waals surface area (Å²) in [4.78, 5) is 43.6. The number of rotatable bonds is 6. The number of fused-ring (bicyclic) bond motifs is 2. The number of nitrogens with one attached hydrogen (secondary N) is 2. The first-order valence-corrected chi connectivity index (χ1v) is 12.5. The number of hydrogen-bond acceptors (Lipinski definition) is 6. The van der Waals surface area contributed by atoms with Crippen molar-refractivity contribution in [1.82, 2.24) is 30.1 Å². The summed E-state index contributed by atoms with van der Waals surface area (Å²) in [6.45, 7) is 5.70. The molecule has 2 aromatic heterocycles. The molecule has 2 aliphatic rings. The number of hydrazine groups is 1. The highest BCUT2D eigenvalue weighted by Crippen LogP contribution is 2.30. The maximum Gasteiger partial charge on any atom is 0.264 e. The second-order valence-electron chi connectivity index (χ2n) is 9.72. The molecule has 5 rings (SSSR count). The van der Waals surface area contributed by atoms with Crippen molar-refractivity contribution in [1.29, 1.82) is 0 Å². The van der Waals surface area contributed by atoms with Crippen molar-refractivity contribution in [3.63, 3.8) is 0 Å². The Bertz CT molecular complexity index is 1330. The predicted octanol–water partition coefficient (Wildman–Crippen LogP) is 2.58. The Kier molecular flexibility index (Phi) is 6.75. The van der Waals surface area contributed by atoms with E-state index in [1.54, 1.807) is 35.9 Å². The highest BCUT2D eigenvalue weighted by molar-refractivity contribution is 5.95. The molecule has 4 heterocycles. The number of carbonyl (C=O) groups is 3. The van der Waals surface area contributed by atoms with Gasteiger partial charge < -0.3 is 10.6 Å². The molecule has 0 radical (unpaired) electrons. The lowest BCUT2D eigenvalue weighted by atomic mass is 9.98. The third-order valence-electron chi connectivity index (χ3n) is 6.93. The van der Waals surface area contributed by atoms with E-state index in [2.05, 4.69) is 20.7 Å². The molecule has 0 bridgehead atoms. The van der Waals surface area contributed by atoms with Gasteiger partial charge in [0.15, 0.2) is 0 Å². The van der Waals surface area contributed by atoms with Gasteiger partial charge in [0.2, 0.25) is 11.8 Å². The Morgan fingerprint density at radius 2 is 1.97 bits per heavy atom. The first-order valence-electron chi connectivity index (χ1n) is 12.5. The average molecular weight is 502 g/mol. The fourth-order valence-electron chi connectivity index (χ4n) is 4.85. The zero-order valence-electron chi connectivity index (χ0n) is 21.3. The standard InChI is InChI=1S/C27H31N7O3/c1-17(13-24(35)29-23-14-22(31-32(23)3)19-10-9-18(2)28-15-19)26(36)30-25-21-8-5-4-7-20(21)16-33-11-6-12-34(33)27(25)37/h4-5,7-10,14-15,17,25H,6,11-13,16H2,1-3H3,(H,29,35)(H,30,36)/t17-,25+/m1/s1. The number of hydrogen-bond donors (Lipinski definition) is 2. The van der Waals surface area contributed by atoms with E-state index in [0.29, 0.717) is 24.6 Å². The van der Waals surface area contributed by atoms with Crippen LogP contribution >= 0.6 is 0 Å².